The van der Waals surface area contributed by atoms with E-state index in [1.807, 2.05) is 18.2 Å². The molecule has 4 aromatic rings. The number of hydrogen-bond donors (Lipinski definition) is 2. The van der Waals surface area contributed by atoms with E-state index in [0.717, 1.165) is 39.5 Å². The number of anilines is 2. The lowest BCUT2D eigenvalue weighted by Crippen LogP contribution is -2.24. The van der Waals surface area contributed by atoms with E-state index in [0.29, 0.717) is 0 Å². The predicted octanol–water partition coefficient (Wildman–Crippen LogP) is 6.87. The van der Waals surface area contributed by atoms with Crippen LogP contribution in [0.25, 0.3) is 5.70 Å². The second-order valence-electron chi connectivity index (χ2n) is 7.91. The first-order valence-electron chi connectivity index (χ1n) is 10.9. The van der Waals surface area contributed by atoms with Gasteiger partial charge in [-0.1, -0.05) is 91.0 Å². The molecule has 32 heavy (non-hydrogen) atoms. The van der Waals surface area contributed by atoms with Gasteiger partial charge in [0.2, 0.25) is 0 Å². The Labute approximate surface area is 189 Å². The molecule has 5 rings (SSSR count). The van der Waals surface area contributed by atoms with Crippen LogP contribution in [0.4, 0.5) is 11.4 Å². The van der Waals surface area contributed by atoms with E-state index in [-0.39, 0.29) is 6.17 Å². The van der Waals surface area contributed by atoms with Crippen molar-refractivity contribution in [1.82, 2.24) is 5.32 Å². The molecule has 0 fully saturated rings. The number of nitrogens with one attached hydrogen (secondary N) is 2. The maximum Gasteiger partial charge on any atom is 0.145 e. The Morgan fingerprint density at radius 2 is 1.31 bits per heavy atom. The highest BCUT2D eigenvalue weighted by Gasteiger charge is 2.19. The smallest absolute Gasteiger partial charge is 0.145 e. The van der Waals surface area contributed by atoms with Crippen LogP contribution >= 0.6 is 0 Å². The minimum atomic E-state index is -0.155. The average Bonchev–Trinajstić information content (AvgIpc) is 2.87. The standard InChI is InChI=1S/C29H25N3/c1-21-10-8-9-15-26(21)30-25-18-16-24(17-19-25)29-31-27(22-11-4-2-5-12-22)20-28(32-29)23-13-6-3-7-14-23/h2-20,29-31H,1H3. The third-order valence-corrected chi connectivity index (χ3v) is 5.65. The Bertz CT molecular complexity index is 1260. The van der Waals surface area contributed by atoms with E-state index < -0.39 is 0 Å². The molecule has 0 saturated heterocycles. The molecule has 0 spiro atoms. The number of rotatable bonds is 5. The molecule has 1 aliphatic heterocycles. The molecule has 1 aliphatic rings. The number of hydrogen-bond acceptors (Lipinski definition) is 3. The van der Waals surface area contributed by atoms with Gasteiger partial charge in [0.15, 0.2) is 0 Å². The number of allylic oxidation sites excluding steroid dienone is 1. The van der Waals surface area contributed by atoms with Crippen LogP contribution in [0.3, 0.4) is 0 Å². The summed E-state index contributed by atoms with van der Waals surface area (Å²) < 4.78 is 0. The zero-order valence-corrected chi connectivity index (χ0v) is 18.0. The van der Waals surface area contributed by atoms with Crippen molar-refractivity contribution < 1.29 is 0 Å². The van der Waals surface area contributed by atoms with Crippen molar-refractivity contribution in [2.24, 2.45) is 4.99 Å². The van der Waals surface area contributed by atoms with Gasteiger partial charge in [0.1, 0.15) is 6.17 Å². The SMILES string of the molecule is Cc1ccccc1Nc1ccc(C2N=C(c3ccccc3)C=C(c3ccccc3)N2)cc1. The fraction of sp³-hybridized carbons (Fsp3) is 0.0690. The molecule has 156 valence electrons. The van der Waals surface area contributed by atoms with Gasteiger partial charge >= 0.3 is 0 Å². The highest BCUT2D eigenvalue weighted by atomic mass is 15.1. The van der Waals surface area contributed by atoms with Gasteiger partial charge in [-0.2, -0.15) is 0 Å². The second kappa shape index (κ2) is 8.94. The molecule has 1 heterocycles. The van der Waals surface area contributed by atoms with Gasteiger partial charge in [-0.3, -0.25) is 4.99 Å². The molecule has 0 bridgehead atoms. The lowest BCUT2D eigenvalue weighted by atomic mass is 10.0. The van der Waals surface area contributed by atoms with E-state index in [9.17, 15) is 0 Å². The summed E-state index contributed by atoms with van der Waals surface area (Å²) in [6, 6.07) is 37.6. The highest BCUT2D eigenvalue weighted by Crippen LogP contribution is 2.28. The lowest BCUT2D eigenvalue weighted by molar-refractivity contribution is 0.664. The summed E-state index contributed by atoms with van der Waals surface area (Å²) >= 11 is 0. The monoisotopic (exact) mass is 415 g/mol. The van der Waals surface area contributed by atoms with Gasteiger partial charge < -0.3 is 10.6 Å². The van der Waals surface area contributed by atoms with Gasteiger partial charge in [-0.05, 0) is 53.5 Å². The Hall–Kier alpha value is -4.11. The molecule has 0 amide bonds. The summed E-state index contributed by atoms with van der Waals surface area (Å²) in [5.74, 6) is 0. The first kappa shape index (κ1) is 19.8. The number of nitrogens with zero attached hydrogens (tertiary/aromatic N) is 1. The van der Waals surface area contributed by atoms with Gasteiger partial charge in [-0.15, -0.1) is 0 Å². The van der Waals surface area contributed by atoms with E-state index in [1.54, 1.807) is 0 Å². The summed E-state index contributed by atoms with van der Waals surface area (Å²) in [5.41, 5.74) is 8.85. The van der Waals surface area contributed by atoms with Gasteiger partial charge in [-0.25, -0.2) is 0 Å². The van der Waals surface area contributed by atoms with Gasteiger partial charge in [0.25, 0.3) is 0 Å². The van der Waals surface area contributed by atoms with Crippen LogP contribution in [-0.2, 0) is 0 Å². The fourth-order valence-electron chi connectivity index (χ4n) is 3.86. The Balaban J connectivity index is 1.45. The van der Waals surface area contributed by atoms with Crippen molar-refractivity contribution in [3.8, 4) is 0 Å². The van der Waals surface area contributed by atoms with Crippen molar-refractivity contribution in [3.05, 3.63) is 138 Å². The van der Waals surface area contributed by atoms with Gasteiger partial charge in [0.05, 0.1) is 5.71 Å². The highest BCUT2D eigenvalue weighted by molar-refractivity contribution is 6.13. The van der Waals surface area contributed by atoms with E-state index >= 15 is 0 Å². The van der Waals surface area contributed by atoms with Crippen LogP contribution < -0.4 is 10.6 Å². The zero-order valence-electron chi connectivity index (χ0n) is 18.0. The van der Waals surface area contributed by atoms with Crippen molar-refractivity contribution in [3.63, 3.8) is 0 Å². The Morgan fingerprint density at radius 3 is 2.00 bits per heavy atom. The van der Waals surface area contributed by atoms with Crippen LogP contribution in [0, 0.1) is 6.92 Å². The van der Waals surface area contributed by atoms with Crippen LogP contribution in [0.1, 0.15) is 28.4 Å². The summed E-state index contributed by atoms with van der Waals surface area (Å²) in [4.78, 5) is 5.03. The van der Waals surface area contributed by atoms with E-state index in [4.69, 9.17) is 4.99 Å². The molecular weight excluding hydrogens is 390 g/mol. The number of benzene rings is 4. The van der Waals surface area contributed by atoms with Crippen LogP contribution in [0.2, 0.25) is 0 Å². The van der Waals surface area contributed by atoms with Gasteiger partial charge in [0, 0.05) is 17.1 Å². The fourth-order valence-corrected chi connectivity index (χ4v) is 3.86. The van der Waals surface area contributed by atoms with E-state index in [1.165, 1.54) is 5.56 Å². The van der Waals surface area contributed by atoms with Crippen LogP contribution in [0.15, 0.2) is 120 Å². The van der Waals surface area contributed by atoms with Crippen molar-refractivity contribution in [1.29, 1.82) is 0 Å². The van der Waals surface area contributed by atoms with Crippen molar-refractivity contribution in [2.75, 3.05) is 5.32 Å². The average molecular weight is 416 g/mol. The third-order valence-electron chi connectivity index (χ3n) is 5.65. The first-order chi connectivity index (χ1) is 15.8. The van der Waals surface area contributed by atoms with E-state index in [2.05, 4.69) is 115 Å². The maximum absolute atomic E-state index is 5.03. The molecule has 0 radical (unpaired) electrons. The Morgan fingerprint density at radius 1 is 0.688 bits per heavy atom. The second-order valence-corrected chi connectivity index (χ2v) is 7.91. The summed E-state index contributed by atoms with van der Waals surface area (Å²) in [5, 5.41) is 7.12. The summed E-state index contributed by atoms with van der Waals surface area (Å²) in [6.45, 7) is 2.11. The topological polar surface area (TPSA) is 36.4 Å². The first-order valence-corrected chi connectivity index (χ1v) is 10.9. The third kappa shape index (κ3) is 4.33. The molecule has 3 heteroatoms. The zero-order chi connectivity index (χ0) is 21.8. The van der Waals surface area contributed by atoms with Crippen LogP contribution in [-0.4, -0.2) is 5.71 Å². The van der Waals surface area contributed by atoms with Crippen molar-refractivity contribution >= 4 is 22.8 Å². The largest absolute Gasteiger partial charge is 0.360 e. The molecule has 1 unspecified atom stereocenters. The summed E-state index contributed by atoms with van der Waals surface area (Å²) in [7, 11) is 0. The number of para-hydroxylation sites is 1. The molecular formula is C29H25N3. The molecule has 1 atom stereocenters. The molecule has 0 aliphatic carbocycles. The minimum Gasteiger partial charge on any atom is -0.360 e. The molecule has 4 aromatic carbocycles. The summed E-state index contributed by atoms with van der Waals surface area (Å²) in [6.07, 6.45) is 1.98. The van der Waals surface area contributed by atoms with Crippen LogP contribution in [0.5, 0.6) is 0 Å². The quantitative estimate of drug-likeness (QED) is 0.373. The molecule has 0 saturated carbocycles. The molecule has 2 N–H and O–H groups in total. The number of aryl methyl sites for hydroxylation is 1. The Kier molecular flexibility index (Phi) is 5.54. The predicted molar refractivity (Wildman–Crippen MR) is 134 cm³/mol. The molecule has 3 nitrogen and oxygen atoms in total. The normalized spacial score (nSPS) is 15.3. The molecule has 0 aromatic heterocycles. The lowest BCUT2D eigenvalue weighted by Gasteiger charge is -2.25. The number of aliphatic imine (C=N–C) groups is 1. The maximum atomic E-state index is 5.03. The minimum absolute atomic E-state index is 0.155. The van der Waals surface area contributed by atoms with Crippen molar-refractivity contribution in [2.45, 2.75) is 13.1 Å².